The predicted octanol–water partition coefficient (Wildman–Crippen LogP) is 4.07. The Labute approximate surface area is 179 Å². The number of hydrogen-bond acceptors (Lipinski definition) is 8. The van der Waals surface area contributed by atoms with E-state index in [9.17, 15) is 9.59 Å². The Hall–Kier alpha value is -3.56. The molecule has 0 amide bonds. The number of halogens is 1. The first kappa shape index (κ1) is 19.7. The fourth-order valence-corrected chi connectivity index (χ4v) is 3.54. The van der Waals surface area contributed by atoms with E-state index in [2.05, 4.69) is 15.5 Å². The molecule has 0 bridgehead atoms. The molecule has 1 aromatic carbocycles. The van der Waals surface area contributed by atoms with Gasteiger partial charge in [0.05, 0.1) is 15.5 Å². The number of carbonyl (C=O) groups excluding carboxylic acids is 2. The second-order valence-electron chi connectivity index (χ2n) is 5.93. The first-order valence-electron chi connectivity index (χ1n) is 8.67. The van der Waals surface area contributed by atoms with Crippen molar-refractivity contribution in [3.05, 3.63) is 75.8 Å². The second-order valence-corrected chi connectivity index (χ2v) is 7.64. The number of tetrazole rings is 1. The van der Waals surface area contributed by atoms with Crippen LogP contribution in [0.15, 0.2) is 65.3 Å². The molecule has 0 fully saturated rings. The van der Waals surface area contributed by atoms with Gasteiger partial charge in [0.15, 0.2) is 18.1 Å². The van der Waals surface area contributed by atoms with Crippen LogP contribution in [0.3, 0.4) is 0 Å². The lowest BCUT2D eigenvalue weighted by molar-refractivity contribution is -0.136. The molecule has 4 rings (SSSR count). The maximum atomic E-state index is 12.9. The first-order chi connectivity index (χ1) is 14.6. The van der Waals surface area contributed by atoms with Gasteiger partial charge < -0.3 is 9.15 Å². The van der Waals surface area contributed by atoms with Crippen LogP contribution in [0, 0.1) is 0 Å². The van der Waals surface area contributed by atoms with Crippen LogP contribution in [-0.2, 0) is 9.53 Å². The Kier molecular flexibility index (Phi) is 5.82. The van der Waals surface area contributed by atoms with Crippen molar-refractivity contribution >= 4 is 46.5 Å². The number of furan rings is 1. The number of ketones is 1. The van der Waals surface area contributed by atoms with E-state index in [1.165, 1.54) is 17.0 Å². The Bertz CT molecular complexity index is 1200. The van der Waals surface area contributed by atoms with Crippen molar-refractivity contribution in [2.45, 2.75) is 0 Å². The van der Waals surface area contributed by atoms with Gasteiger partial charge in [-0.15, -0.1) is 16.4 Å². The summed E-state index contributed by atoms with van der Waals surface area (Å²) in [6, 6.07) is 15.7. The topological polar surface area (TPSA) is 100 Å². The normalized spacial score (nSPS) is 11.4. The molecule has 0 atom stereocenters. The number of ether oxygens (including phenoxy) is 1. The third-order valence-corrected chi connectivity index (χ3v) is 5.22. The van der Waals surface area contributed by atoms with Crippen molar-refractivity contribution in [1.29, 1.82) is 0 Å². The van der Waals surface area contributed by atoms with Crippen molar-refractivity contribution in [2.24, 2.45) is 0 Å². The van der Waals surface area contributed by atoms with E-state index in [1.54, 1.807) is 24.3 Å². The maximum absolute atomic E-state index is 12.9. The molecule has 0 spiro atoms. The summed E-state index contributed by atoms with van der Waals surface area (Å²) in [6.07, 6.45) is 2.91. The van der Waals surface area contributed by atoms with Crippen molar-refractivity contribution in [2.75, 3.05) is 6.61 Å². The molecule has 0 N–H and O–H groups in total. The van der Waals surface area contributed by atoms with Gasteiger partial charge in [-0.1, -0.05) is 41.9 Å². The Morgan fingerprint density at radius 1 is 1.13 bits per heavy atom. The summed E-state index contributed by atoms with van der Waals surface area (Å²) in [5.74, 6) is -0.418. The van der Waals surface area contributed by atoms with Crippen molar-refractivity contribution < 1.29 is 18.7 Å². The standard InChI is InChI=1S/C20H13ClN4O4S/c21-18-9-8-17(30-18)16(26)12-29-20(27)15(11-14-7-4-10-28-14)25-19(22-23-24-25)13-5-2-1-3-6-13/h1-11H,12H2. The number of aromatic nitrogens is 4. The second kappa shape index (κ2) is 8.85. The SMILES string of the molecule is O=C(OCC(=O)c1ccc(Cl)s1)C(=Cc1ccco1)n1nnnc1-c1ccccc1. The zero-order valence-corrected chi connectivity index (χ0v) is 16.8. The van der Waals surface area contributed by atoms with E-state index in [1.807, 2.05) is 30.3 Å². The number of esters is 1. The van der Waals surface area contributed by atoms with Gasteiger partial charge in [0.25, 0.3) is 0 Å². The first-order valence-corrected chi connectivity index (χ1v) is 9.86. The molecule has 0 aliphatic rings. The quantitative estimate of drug-likeness (QED) is 0.242. The molecule has 0 unspecified atom stereocenters. The smallest absolute Gasteiger partial charge is 0.357 e. The Morgan fingerprint density at radius 3 is 2.67 bits per heavy atom. The lowest BCUT2D eigenvalue weighted by atomic mass is 10.2. The van der Waals surface area contributed by atoms with E-state index in [0.717, 1.165) is 11.3 Å². The average molecular weight is 441 g/mol. The number of carbonyl (C=O) groups is 2. The van der Waals surface area contributed by atoms with Crippen LogP contribution in [0.4, 0.5) is 0 Å². The average Bonchev–Trinajstić information content (AvgIpc) is 3.52. The number of hydrogen-bond donors (Lipinski definition) is 0. The minimum absolute atomic E-state index is 0.00850. The zero-order valence-electron chi connectivity index (χ0n) is 15.3. The van der Waals surface area contributed by atoms with E-state index < -0.39 is 12.6 Å². The molecule has 8 nitrogen and oxygen atoms in total. The molecule has 3 heterocycles. The van der Waals surface area contributed by atoms with E-state index >= 15 is 0 Å². The van der Waals surface area contributed by atoms with Gasteiger partial charge in [-0.05, 0) is 34.7 Å². The van der Waals surface area contributed by atoms with Crippen LogP contribution in [0.5, 0.6) is 0 Å². The summed E-state index contributed by atoms with van der Waals surface area (Å²) in [6.45, 7) is -0.450. The highest BCUT2D eigenvalue weighted by atomic mass is 35.5. The van der Waals surface area contributed by atoms with Crippen LogP contribution < -0.4 is 0 Å². The minimum atomic E-state index is -0.785. The fourth-order valence-electron chi connectivity index (χ4n) is 2.57. The highest BCUT2D eigenvalue weighted by molar-refractivity contribution is 7.18. The number of rotatable bonds is 7. The summed E-state index contributed by atoms with van der Waals surface area (Å²) in [5, 5.41) is 11.6. The summed E-state index contributed by atoms with van der Waals surface area (Å²) in [4.78, 5) is 25.5. The number of nitrogens with zero attached hydrogens (tertiary/aromatic N) is 4. The number of benzene rings is 1. The molecule has 0 saturated heterocycles. The van der Waals surface area contributed by atoms with Gasteiger partial charge in [0, 0.05) is 11.6 Å². The molecule has 30 heavy (non-hydrogen) atoms. The van der Waals surface area contributed by atoms with Gasteiger partial charge in [0.2, 0.25) is 5.78 Å². The highest BCUT2D eigenvalue weighted by Gasteiger charge is 2.22. The predicted molar refractivity (Wildman–Crippen MR) is 111 cm³/mol. The molecular formula is C20H13ClN4O4S. The van der Waals surface area contributed by atoms with Gasteiger partial charge >= 0.3 is 5.97 Å². The summed E-state index contributed by atoms with van der Waals surface area (Å²) in [7, 11) is 0. The molecule has 0 saturated carbocycles. The van der Waals surface area contributed by atoms with Gasteiger partial charge in [-0.3, -0.25) is 4.79 Å². The van der Waals surface area contributed by atoms with Crippen LogP contribution in [0.2, 0.25) is 4.34 Å². The monoisotopic (exact) mass is 440 g/mol. The van der Waals surface area contributed by atoms with Crippen LogP contribution in [0.1, 0.15) is 15.4 Å². The fraction of sp³-hybridized carbons (Fsp3) is 0.0500. The lowest BCUT2D eigenvalue weighted by Crippen LogP contribution is -2.18. The van der Waals surface area contributed by atoms with E-state index in [-0.39, 0.29) is 11.5 Å². The summed E-state index contributed by atoms with van der Waals surface area (Å²) >= 11 is 6.97. The van der Waals surface area contributed by atoms with Crippen LogP contribution in [0.25, 0.3) is 23.2 Å². The molecule has 0 aliphatic carbocycles. The largest absolute Gasteiger partial charge is 0.465 e. The number of Topliss-reactive ketones (excluding diaryl/α,β-unsaturated/α-hetero) is 1. The minimum Gasteiger partial charge on any atom is -0.465 e. The molecule has 0 radical (unpaired) electrons. The lowest BCUT2D eigenvalue weighted by Gasteiger charge is -2.09. The van der Waals surface area contributed by atoms with E-state index in [4.69, 9.17) is 20.8 Å². The molecular weight excluding hydrogens is 428 g/mol. The van der Waals surface area contributed by atoms with Crippen molar-refractivity contribution in [3.63, 3.8) is 0 Å². The molecule has 10 heteroatoms. The third kappa shape index (κ3) is 4.37. The molecule has 150 valence electrons. The van der Waals surface area contributed by atoms with Gasteiger partial charge in [0.1, 0.15) is 5.76 Å². The molecule has 3 aromatic heterocycles. The van der Waals surface area contributed by atoms with Crippen molar-refractivity contribution in [3.8, 4) is 11.4 Å². The van der Waals surface area contributed by atoms with Gasteiger partial charge in [-0.2, -0.15) is 4.68 Å². The van der Waals surface area contributed by atoms with Gasteiger partial charge in [-0.25, -0.2) is 4.79 Å². The summed E-state index contributed by atoms with van der Waals surface area (Å²) < 4.78 is 12.3. The van der Waals surface area contributed by atoms with Crippen LogP contribution in [-0.4, -0.2) is 38.6 Å². The Balaban J connectivity index is 1.62. The van der Waals surface area contributed by atoms with Crippen molar-refractivity contribution in [1.82, 2.24) is 20.2 Å². The Morgan fingerprint density at radius 2 is 1.97 bits per heavy atom. The van der Waals surface area contributed by atoms with Crippen LogP contribution >= 0.6 is 22.9 Å². The third-order valence-electron chi connectivity index (χ3n) is 3.94. The van der Waals surface area contributed by atoms with E-state index in [0.29, 0.717) is 26.4 Å². The molecule has 4 aromatic rings. The molecule has 0 aliphatic heterocycles. The summed E-state index contributed by atoms with van der Waals surface area (Å²) in [5.41, 5.74) is 0.691. The number of thiophene rings is 1. The maximum Gasteiger partial charge on any atom is 0.357 e. The highest BCUT2D eigenvalue weighted by Crippen LogP contribution is 2.23. The zero-order chi connectivity index (χ0) is 20.9.